The molecule has 0 fully saturated rings. The molecule has 8 heteroatoms. The van der Waals surface area contributed by atoms with E-state index in [1.54, 1.807) is 17.1 Å². The first-order valence-electron chi connectivity index (χ1n) is 5.76. The molecule has 0 unspecified atom stereocenters. The van der Waals surface area contributed by atoms with Crippen molar-refractivity contribution in [1.29, 1.82) is 0 Å². The average molecular weight is 286 g/mol. The highest BCUT2D eigenvalue weighted by atomic mass is 19.4. The average Bonchev–Trinajstić information content (AvgIpc) is 2.85. The van der Waals surface area contributed by atoms with Crippen LogP contribution < -0.4 is 10.5 Å². The maximum absolute atomic E-state index is 12.6. The van der Waals surface area contributed by atoms with Gasteiger partial charge in [0.2, 0.25) is 5.88 Å². The minimum atomic E-state index is -4.50. The molecular formula is C12H13F3N4O. The third kappa shape index (κ3) is 3.08. The standard InChI is InChI=1S/C12H13F3N4O/c1-20-11-9(2-3-10(18-11)12(13,14)15)7-19-6-8(4-16)5-17-19/h2-3,5-6H,4,7,16H2,1H3. The highest BCUT2D eigenvalue weighted by Crippen LogP contribution is 2.30. The highest BCUT2D eigenvalue weighted by Gasteiger charge is 2.33. The first-order valence-corrected chi connectivity index (χ1v) is 5.76. The number of hydrogen-bond acceptors (Lipinski definition) is 4. The van der Waals surface area contributed by atoms with Gasteiger partial charge in [-0.3, -0.25) is 4.68 Å². The zero-order valence-electron chi connectivity index (χ0n) is 10.7. The van der Waals surface area contributed by atoms with Crippen LogP contribution in [0.2, 0.25) is 0 Å². The van der Waals surface area contributed by atoms with E-state index in [2.05, 4.69) is 10.1 Å². The lowest BCUT2D eigenvalue weighted by atomic mass is 10.2. The summed E-state index contributed by atoms with van der Waals surface area (Å²) in [4.78, 5) is 3.47. The second kappa shape index (κ2) is 5.49. The zero-order chi connectivity index (χ0) is 14.8. The molecule has 0 spiro atoms. The van der Waals surface area contributed by atoms with E-state index in [-0.39, 0.29) is 12.4 Å². The van der Waals surface area contributed by atoms with Gasteiger partial charge in [-0.2, -0.15) is 18.3 Å². The molecule has 0 amide bonds. The Bertz CT molecular complexity index is 595. The molecule has 2 heterocycles. The molecule has 0 aliphatic heterocycles. The summed E-state index contributed by atoms with van der Waals surface area (Å²) in [5.41, 5.74) is 5.82. The summed E-state index contributed by atoms with van der Waals surface area (Å²) in [6, 6.07) is 2.25. The van der Waals surface area contributed by atoms with Crippen LogP contribution in [0.3, 0.4) is 0 Å². The SMILES string of the molecule is COc1nc(C(F)(F)F)ccc1Cn1cc(CN)cn1. The minimum Gasteiger partial charge on any atom is -0.481 e. The van der Waals surface area contributed by atoms with Crippen LogP contribution in [0, 0.1) is 0 Å². The molecule has 0 radical (unpaired) electrons. The van der Waals surface area contributed by atoms with Gasteiger partial charge < -0.3 is 10.5 Å². The number of nitrogens with two attached hydrogens (primary N) is 1. The van der Waals surface area contributed by atoms with Crippen molar-refractivity contribution >= 4 is 0 Å². The van der Waals surface area contributed by atoms with Crippen molar-refractivity contribution in [2.24, 2.45) is 5.73 Å². The molecule has 108 valence electrons. The molecule has 0 saturated carbocycles. The maximum Gasteiger partial charge on any atom is 0.433 e. The van der Waals surface area contributed by atoms with Crippen molar-refractivity contribution in [1.82, 2.24) is 14.8 Å². The maximum atomic E-state index is 12.6. The summed E-state index contributed by atoms with van der Waals surface area (Å²) in [5.74, 6) is -0.0652. The summed E-state index contributed by atoms with van der Waals surface area (Å²) in [5, 5.41) is 4.06. The Morgan fingerprint density at radius 1 is 1.35 bits per heavy atom. The number of aromatic nitrogens is 3. The van der Waals surface area contributed by atoms with Gasteiger partial charge in [0.15, 0.2) is 0 Å². The van der Waals surface area contributed by atoms with Crippen molar-refractivity contribution in [3.05, 3.63) is 41.3 Å². The highest BCUT2D eigenvalue weighted by molar-refractivity contribution is 5.29. The lowest BCUT2D eigenvalue weighted by molar-refractivity contribution is -0.141. The molecule has 2 aromatic rings. The van der Waals surface area contributed by atoms with Crippen molar-refractivity contribution < 1.29 is 17.9 Å². The molecule has 20 heavy (non-hydrogen) atoms. The number of alkyl halides is 3. The van der Waals surface area contributed by atoms with Gasteiger partial charge in [-0.25, -0.2) is 4.98 Å². The Morgan fingerprint density at radius 3 is 2.65 bits per heavy atom. The van der Waals surface area contributed by atoms with Gasteiger partial charge in [0.1, 0.15) is 5.69 Å². The van der Waals surface area contributed by atoms with Gasteiger partial charge in [0.05, 0.1) is 19.9 Å². The van der Waals surface area contributed by atoms with E-state index in [0.29, 0.717) is 12.1 Å². The summed E-state index contributed by atoms with van der Waals surface area (Å²) in [7, 11) is 1.28. The van der Waals surface area contributed by atoms with Crippen LogP contribution in [0.5, 0.6) is 5.88 Å². The number of nitrogens with zero attached hydrogens (tertiary/aromatic N) is 3. The molecule has 2 rings (SSSR count). The predicted molar refractivity (Wildman–Crippen MR) is 65.0 cm³/mol. The quantitative estimate of drug-likeness (QED) is 0.931. The van der Waals surface area contributed by atoms with Gasteiger partial charge in [-0.15, -0.1) is 0 Å². The minimum absolute atomic E-state index is 0.0652. The summed E-state index contributed by atoms with van der Waals surface area (Å²) < 4.78 is 44.2. The number of rotatable bonds is 4. The Morgan fingerprint density at radius 2 is 2.10 bits per heavy atom. The monoisotopic (exact) mass is 286 g/mol. The van der Waals surface area contributed by atoms with Crippen molar-refractivity contribution in [2.45, 2.75) is 19.3 Å². The molecule has 0 aliphatic rings. The topological polar surface area (TPSA) is 66.0 Å². The van der Waals surface area contributed by atoms with E-state index in [4.69, 9.17) is 10.5 Å². The van der Waals surface area contributed by atoms with E-state index in [1.165, 1.54) is 13.2 Å². The van der Waals surface area contributed by atoms with Crippen LogP contribution in [-0.2, 0) is 19.3 Å². The fraction of sp³-hybridized carbons (Fsp3) is 0.333. The third-order valence-corrected chi connectivity index (χ3v) is 2.68. The summed E-state index contributed by atoms with van der Waals surface area (Å²) in [6.07, 6.45) is -1.18. The first kappa shape index (κ1) is 14.3. The van der Waals surface area contributed by atoms with Gasteiger partial charge in [0, 0.05) is 23.9 Å². The van der Waals surface area contributed by atoms with Crippen LogP contribution >= 0.6 is 0 Å². The van der Waals surface area contributed by atoms with Crippen LogP contribution in [0.15, 0.2) is 24.5 Å². The lowest BCUT2D eigenvalue weighted by Crippen LogP contribution is -2.11. The van der Waals surface area contributed by atoms with E-state index in [9.17, 15) is 13.2 Å². The van der Waals surface area contributed by atoms with Crippen molar-refractivity contribution in [3.63, 3.8) is 0 Å². The number of halogens is 3. The van der Waals surface area contributed by atoms with E-state index in [1.807, 2.05) is 0 Å². The summed E-state index contributed by atoms with van der Waals surface area (Å²) >= 11 is 0. The third-order valence-electron chi connectivity index (χ3n) is 2.68. The molecule has 0 atom stereocenters. The van der Waals surface area contributed by atoms with Crippen LogP contribution in [0.1, 0.15) is 16.8 Å². The van der Waals surface area contributed by atoms with Gasteiger partial charge in [-0.05, 0) is 12.1 Å². The first-order chi connectivity index (χ1) is 9.44. The van der Waals surface area contributed by atoms with E-state index >= 15 is 0 Å². The van der Waals surface area contributed by atoms with E-state index < -0.39 is 11.9 Å². The molecular weight excluding hydrogens is 273 g/mol. The fourth-order valence-corrected chi connectivity index (χ4v) is 1.70. The molecule has 0 aromatic carbocycles. The Labute approximate surface area is 113 Å². The summed E-state index contributed by atoms with van der Waals surface area (Å²) in [6.45, 7) is 0.608. The van der Waals surface area contributed by atoms with Gasteiger partial charge >= 0.3 is 6.18 Å². The second-order valence-corrected chi connectivity index (χ2v) is 4.11. The number of methoxy groups -OCH3 is 1. The van der Waals surface area contributed by atoms with Gasteiger partial charge in [-0.1, -0.05) is 0 Å². The Kier molecular flexibility index (Phi) is 3.93. The zero-order valence-corrected chi connectivity index (χ0v) is 10.7. The number of pyridine rings is 1. The number of ether oxygens (including phenoxy) is 1. The van der Waals surface area contributed by atoms with Crippen molar-refractivity contribution in [3.8, 4) is 5.88 Å². The Balaban J connectivity index is 2.27. The molecule has 2 N–H and O–H groups in total. The van der Waals surface area contributed by atoms with Crippen LogP contribution in [0.4, 0.5) is 13.2 Å². The lowest BCUT2D eigenvalue weighted by Gasteiger charge is -2.11. The van der Waals surface area contributed by atoms with Crippen LogP contribution in [0.25, 0.3) is 0 Å². The van der Waals surface area contributed by atoms with E-state index in [0.717, 1.165) is 11.6 Å². The van der Waals surface area contributed by atoms with Crippen molar-refractivity contribution in [2.75, 3.05) is 7.11 Å². The molecule has 0 bridgehead atoms. The fourth-order valence-electron chi connectivity index (χ4n) is 1.70. The normalized spacial score (nSPS) is 11.7. The largest absolute Gasteiger partial charge is 0.481 e. The molecule has 5 nitrogen and oxygen atoms in total. The van der Waals surface area contributed by atoms with Gasteiger partial charge in [0.25, 0.3) is 0 Å². The molecule has 0 aliphatic carbocycles. The predicted octanol–water partition coefficient (Wildman–Crippen LogP) is 1.81. The number of hydrogen-bond donors (Lipinski definition) is 1. The molecule has 2 aromatic heterocycles. The molecule has 0 saturated heterocycles. The second-order valence-electron chi connectivity index (χ2n) is 4.11. The van der Waals surface area contributed by atoms with Crippen LogP contribution in [-0.4, -0.2) is 21.9 Å². The smallest absolute Gasteiger partial charge is 0.433 e. The Hall–Kier alpha value is -2.09.